The van der Waals surface area contributed by atoms with Gasteiger partial charge < -0.3 is 25.5 Å². The largest absolute Gasteiger partial charge is 0.508 e. The second-order valence-electron chi connectivity index (χ2n) is 8.26. The summed E-state index contributed by atoms with van der Waals surface area (Å²) in [6, 6.07) is 15.6. The molecule has 33 heavy (non-hydrogen) atoms. The summed E-state index contributed by atoms with van der Waals surface area (Å²) in [4.78, 5) is 12.8. The standard InChI is InChI=1S/C27H24O6/c28-20-6-3-16(4-7-20)1-2-17-9-21(29)15-25(18-5-8-26(32)27(33)13-18)24(10-17)19-11-22(30)14-23(31)12-19/h1-9,11-14,24-25,28,30-33H,10,15H2/t24-,25-/m1/s1. The summed E-state index contributed by atoms with van der Waals surface area (Å²) in [7, 11) is 0. The first-order valence-corrected chi connectivity index (χ1v) is 10.5. The third-order valence-corrected chi connectivity index (χ3v) is 5.87. The molecule has 0 aliphatic heterocycles. The Morgan fingerprint density at radius 1 is 0.636 bits per heavy atom. The van der Waals surface area contributed by atoms with Gasteiger partial charge in [0.25, 0.3) is 0 Å². The molecule has 0 aromatic heterocycles. The first-order chi connectivity index (χ1) is 15.8. The lowest BCUT2D eigenvalue weighted by Gasteiger charge is -2.27. The van der Waals surface area contributed by atoms with E-state index in [1.54, 1.807) is 48.5 Å². The topological polar surface area (TPSA) is 118 Å². The van der Waals surface area contributed by atoms with E-state index in [0.717, 1.165) is 11.1 Å². The number of phenolic OH excluding ortho intramolecular Hbond substituents is 5. The van der Waals surface area contributed by atoms with Gasteiger partial charge in [-0.2, -0.15) is 0 Å². The van der Waals surface area contributed by atoms with Crippen molar-refractivity contribution >= 4 is 11.9 Å². The van der Waals surface area contributed by atoms with Crippen molar-refractivity contribution < 1.29 is 30.3 Å². The van der Waals surface area contributed by atoms with E-state index < -0.39 is 0 Å². The van der Waals surface area contributed by atoms with Gasteiger partial charge in [-0.15, -0.1) is 0 Å². The van der Waals surface area contributed by atoms with Gasteiger partial charge in [0.15, 0.2) is 17.3 Å². The minimum atomic E-state index is -0.360. The number of aromatic hydroxyl groups is 5. The molecule has 1 aliphatic rings. The number of allylic oxidation sites excluding steroid dienone is 3. The number of hydrogen-bond donors (Lipinski definition) is 5. The van der Waals surface area contributed by atoms with Crippen LogP contribution in [0.25, 0.3) is 6.08 Å². The molecule has 0 heterocycles. The number of benzene rings is 3. The maximum absolute atomic E-state index is 12.8. The molecule has 3 aromatic carbocycles. The van der Waals surface area contributed by atoms with Gasteiger partial charge >= 0.3 is 0 Å². The van der Waals surface area contributed by atoms with Crippen LogP contribution in [0.1, 0.15) is 41.4 Å². The van der Waals surface area contributed by atoms with E-state index in [1.807, 2.05) is 12.2 Å². The van der Waals surface area contributed by atoms with Gasteiger partial charge in [0.1, 0.15) is 17.2 Å². The Bertz CT molecular complexity index is 1220. The van der Waals surface area contributed by atoms with Crippen molar-refractivity contribution in [2.24, 2.45) is 0 Å². The van der Waals surface area contributed by atoms with E-state index in [4.69, 9.17) is 0 Å². The van der Waals surface area contributed by atoms with E-state index >= 15 is 0 Å². The highest BCUT2D eigenvalue weighted by Gasteiger charge is 2.31. The average Bonchev–Trinajstić information content (AvgIpc) is 2.93. The number of carbonyl (C=O) groups is 1. The van der Waals surface area contributed by atoms with Crippen molar-refractivity contribution in [1.82, 2.24) is 0 Å². The molecule has 0 saturated carbocycles. The van der Waals surface area contributed by atoms with Crippen LogP contribution in [0.5, 0.6) is 28.7 Å². The number of phenols is 5. The van der Waals surface area contributed by atoms with Crippen LogP contribution < -0.4 is 0 Å². The smallest absolute Gasteiger partial charge is 0.157 e. The lowest BCUT2D eigenvalue weighted by molar-refractivity contribution is -0.115. The Balaban J connectivity index is 1.74. The Morgan fingerprint density at radius 2 is 1.30 bits per heavy atom. The molecule has 6 nitrogen and oxygen atoms in total. The van der Waals surface area contributed by atoms with E-state index in [2.05, 4.69) is 0 Å². The second-order valence-corrected chi connectivity index (χ2v) is 8.26. The van der Waals surface area contributed by atoms with E-state index in [-0.39, 0.29) is 52.8 Å². The third-order valence-electron chi connectivity index (χ3n) is 5.87. The van der Waals surface area contributed by atoms with Crippen molar-refractivity contribution in [2.45, 2.75) is 24.7 Å². The highest BCUT2D eigenvalue weighted by atomic mass is 16.3. The zero-order chi connectivity index (χ0) is 23.5. The number of ketones is 1. The van der Waals surface area contributed by atoms with Crippen LogP contribution in [0.15, 0.2) is 78.4 Å². The Kier molecular flexibility index (Phi) is 6.09. The van der Waals surface area contributed by atoms with E-state index in [0.29, 0.717) is 17.5 Å². The molecule has 0 spiro atoms. The predicted octanol–water partition coefficient (Wildman–Crippen LogP) is 5.08. The van der Waals surface area contributed by atoms with Gasteiger partial charge in [0.2, 0.25) is 0 Å². The molecule has 0 amide bonds. The fraction of sp³-hybridized carbons (Fsp3) is 0.148. The minimum absolute atomic E-state index is 0.0851. The maximum Gasteiger partial charge on any atom is 0.157 e. The van der Waals surface area contributed by atoms with Gasteiger partial charge in [-0.3, -0.25) is 4.79 Å². The van der Waals surface area contributed by atoms with Crippen LogP contribution in [0.4, 0.5) is 0 Å². The molecule has 4 rings (SSSR count). The Labute approximate surface area is 191 Å². The number of rotatable bonds is 4. The molecular formula is C27H24O6. The lowest BCUT2D eigenvalue weighted by Crippen LogP contribution is -2.13. The van der Waals surface area contributed by atoms with E-state index in [1.165, 1.54) is 18.2 Å². The summed E-state index contributed by atoms with van der Waals surface area (Å²) in [5.41, 5.74) is 2.95. The predicted molar refractivity (Wildman–Crippen MR) is 124 cm³/mol. The van der Waals surface area contributed by atoms with Crippen molar-refractivity contribution in [2.75, 3.05) is 0 Å². The van der Waals surface area contributed by atoms with Gasteiger partial charge in [-0.05, 0) is 83.0 Å². The van der Waals surface area contributed by atoms with Gasteiger partial charge in [-0.25, -0.2) is 0 Å². The summed E-state index contributed by atoms with van der Waals surface area (Å²) in [5, 5.41) is 49.4. The number of hydrogen-bond acceptors (Lipinski definition) is 6. The third kappa shape index (κ3) is 5.18. The van der Waals surface area contributed by atoms with Crippen LogP contribution in [-0.4, -0.2) is 31.3 Å². The van der Waals surface area contributed by atoms with Crippen LogP contribution in [-0.2, 0) is 4.79 Å². The monoisotopic (exact) mass is 444 g/mol. The zero-order valence-electron chi connectivity index (χ0n) is 17.7. The van der Waals surface area contributed by atoms with Crippen LogP contribution in [0, 0.1) is 0 Å². The maximum atomic E-state index is 12.8. The molecule has 0 radical (unpaired) electrons. The Morgan fingerprint density at radius 3 is 1.97 bits per heavy atom. The molecule has 0 fully saturated rings. The zero-order valence-corrected chi connectivity index (χ0v) is 17.7. The van der Waals surface area contributed by atoms with Gasteiger partial charge in [0.05, 0.1) is 0 Å². The van der Waals surface area contributed by atoms with Crippen molar-refractivity contribution in [3.63, 3.8) is 0 Å². The van der Waals surface area contributed by atoms with Gasteiger partial charge in [0, 0.05) is 12.5 Å². The molecule has 168 valence electrons. The van der Waals surface area contributed by atoms with Crippen LogP contribution >= 0.6 is 0 Å². The summed E-state index contributed by atoms with van der Waals surface area (Å²) in [6.07, 6.45) is 5.88. The Hall–Kier alpha value is -4.19. The molecular weight excluding hydrogens is 420 g/mol. The fourth-order valence-electron chi connectivity index (χ4n) is 4.29. The molecule has 0 saturated heterocycles. The SMILES string of the molecule is O=C1C=C(C=Cc2ccc(O)cc2)C[C@H](c2cc(O)cc(O)c2)[C@@H](c2ccc(O)c(O)c2)C1. The molecule has 0 unspecified atom stereocenters. The quantitative estimate of drug-likeness (QED) is 0.358. The summed E-state index contributed by atoms with van der Waals surface area (Å²) in [6.45, 7) is 0. The average molecular weight is 444 g/mol. The van der Waals surface area contributed by atoms with Crippen molar-refractivity contribution in [1.29, 1.82) is 0 Å². The highest BCUT2D eigenvalue weighted by molar-refractivity contribution is 5.92. The normalized spacial score (nSPS) is 18.8. The molecule has 1 aliphatic carbocycles. The van der Waals surface area contributed by atoms with Gasteiger partial charge in [-0.1, -0.05) is 30.4 Å². The molecule has 0 bridgehead atoms. The molecule has 5 N–H and O–H groups in total. The molecule has 6 heteroatoms. The lowest BCUT2D eigenvalue weighted by atomic mass is 9.77. The summed E-state index contributed by atoms with van der Waals surface area (Å²) >= 11 is 0. The highest BCUT2D eigenvalue weighted by Crippen LogP contribution is 2.45. The number of carbonyl (C=O) groups excluding carboxylic acids is 1. The first kappa shape index (κ1) is 22.0. The van der Waals surface area contributed by atoms with Crippen molar-refractivity contribution in [3.8, 4) is 28.7 Å². The first-order valence-electron chi connectivity index (χ1n) is 10.5. The fourth-order valence-corrected chi connectivity index (χ4v) is 4.29. The van der Waals surface area contributed by atoms with Crippen molar-refractivity contribution in [3.05, 3.63) is 95.1 Å². The van der Waals surface area contributed by atoms with Crippen LogP contribution in [0.3, 0.4) is 0 Å². The van der Waals surface area contributed by atoms with Crippen LogP contribution in [0.2, 0.25) is 0 Å². The minimum Gasteiger partial charge on any atom is -0.508 e. The second kappa shape index (κ2) is 9.12. The molecule has 3 aromatic rings. The van der Waals surface area contributed by atoms with E-state index in [9.17, 15) is 30.3 Å². The summed E-state index contributed by atoms with van der Waals surface area (Å²) in [5.74, 6) is -1.28. The molecule has 2 atom stereocenters. The summed E-state index contributed by atoms with van der Waals surface area (Å²) < 4.78 is 0.